The third-order valence-corrected chi connectivity index (χ3v) is 2.36. The largest absolute Gasteiger partial charge is 0.333 e. The Morgan fingerprint density at radius 1 is 1.46 bits per heavy atom. The third kappa shape index (κ3) is 1.72. The van der Waals surface area contributed by atoms with Crippen molar-refractivity contribution in [3.8, 4) is 0 Å². The number of aromatic nitrogens is 2. The number of rotatable bonds is 3. The predicted octanol–water partition coefficient (Wildman–Crippen LogP) is 1.76. The van der Waals surface area contributed by atoms with Gasteiger partial charge in [-0.05, 0) is 12.1 Å². The molecule has 1 radical (unpaired) electrons. The van der Waals surface area contributed by atoms with E-state index in [1.807, 2.05) is 30.6 Å². The van der Waals surface area contributed by atoms with Crippen LogP contribution in [0.3, 0.4) is 0 Å². The molecule has 0 bridgehead atoms. The van der Waals surface area contributed by atoms with E-state index in [2.05, 4.69) is 9.97 Å². The number of aromatic amines is 1. The Hall–Kier alpha value is -1.29. The zero-order chi connectivity index (χ0) is 9.10. The first-order valence-corrected chi connectivity index (χ1v) is 4.81. The van der Waals surface area contributed by atoms with Gasteiger partial charge >= 0.3 is 0 Å². The molecule has 65 valence electrons. The summed E-state index contributed by atoms with van der Waals surface area (Å²) in [5.74, 6) is 0.319. The van der Waals surface area contributed by atoms with Gasteiger partial charge in [-0.25, -0.2) is 4.98 Å². The molecule has 0 spiro atoms. The Labute approximate surface area is 79.6 Å². The topological polar surface area (TPSA) is 45.8 Å². The van der Waals surface area contributed by atoms with Crippen molar-refractivity contribution in [1.82, 2.24) is 9.97 Å². The fraction of sp³-hybridized carbons (Fsp3) is 0.111. The second kappa shape index (κ2) is 3.62. The van der Waals surface area contributed by atoms with Gasteiger partial charge in [-0.2, -0.15) is 0 Å². The predicted molar refractivity (Wildman–Crippen MR) is 52.5 cm³/mol. The summed E-state index contributed by atoms with van der Waals surface area (Å²) in [7, 11) is 0. The van der Waals surface area contributed by atoms with Gasteiger partial charge in [0.25, 0.3) is 0 Å². The summed E-state index contributed by atoms with van der Waals surface area (Å²) < 4.78 is 0. The molecule has 13 heavy (non-hydrogen) atoms. The molecule has 0 fully saturated rings. The highest BCUT2D eigenvalue weighted by atomic mass is 32.2. The first-order chi connectivity index (χ1) is 6.40. The molecule has 0 atom stereocenters. The summed E-state index contributed by atoms with van der Waals surface area (Å²) in [4.78, 5) is 17.4. The van der Waals surface area contributed by atoms with Crippen LogP contribution in [0.15, 0.2) is 29.4 Å². The number of carbonyl (C=O) groups excluding carboxylic acids is 1. The lowest BCUT2D eigenvalue weighted by atomic mass is 10.3. The summed E-state index contributed by atoms with van der Waals surface area (Å²) >= 11 is 1.36. The Morgan fingerprint density at radius 3 is 3.08 bits per heavy atom. The zero-order valence-corrected chi connectivity index (χ0v) is 7.60. The number of nitrogens with zero attached hydrogens (tertiary/aromatic N) is 1. The Kier molecular flexibility index (Phi) is 2.31. The summed E-state index contributed by atoms with van der Waals surface area (Å²) in [6.07, 6.45) is 1.81. The number of hydrogen-bond acceptors (Lipinski definition) is 3. The number of nitrogens with one attached hydrogen (secondary N) is 1. The average Bonchev–Trinajstić information content (AvgIpc) is 2.57. The third-order valence-electron chi connectivity index (χ3n) is 1.64. The molecular weight excluding hydrogens is 184 g/mol. The number of H-pyrrole nitrogens is 1. The van der Waals surface area contributed by atoms with E-state index in [4.69, 9.17) is 0 Å². The number of imidazole rings is 1. The summed E-state index contributed by atoms with van der Waals surface area (Å²) in [6.45, 7) is 0. The number of hydrogen-bond donors (Lipinski definition) is 1. The molecule has 4 heteroatoms. The fourth-order valence-corrected chi connectivity index (χ4v) is 1.64. The highest BCUT2D eigenvalue weighted by Gasteiger charge is 2.00. The first kappa shape index (κ1) is 8.31. The summed E-state index contributed by atoms with van der Waals surface area (Å²) in [5, 5.41) is 0.768. The van der Waals surface area contributed by atoms with Gasteiger partial charge < -0.3 is 4.98 Å². The van der Waals surface area contributed by atoms with Gasteiger partial charge in [0, 0.05) is 0 Å². The molecule has 3 nitrogen and oxygen atoms in total. The van der Waals surface area contributed by atoms with Gasteiger partial charge in [0.05, 0.1) is 16.8 Å². The first-order valence-electron chi connectivity index (χ1n) is 3.83. The maximum atomic E-state index is 10.0. The number of thioether (sulfide) groups is 1. The lowest BCUT2D eigenvalue weighted by Crippen LogP contribution is -1.79. The minimum Gasteiger partial charge on any atom is -0.333 e. The molecule has 0 aliphatic heterocycles. The molecule has 1 heterocycles. The average molecular weight is 191 g/mol. The SMILES string of the molecule is O=[C]CSc1nc2ccccc2[nH]1. The molecule has 2 aromatic rings. The monoisotopic (exact) mass is 191 g/mol. The van der Waals surface area contributed by atoms with Crippen LogP contribution in [0.25, 0.3) is 11.0 Å². The molecule has 0 saturated carbocycles. The number of benzene rings is 1. The zero-order valence-electron chi connectivity index (χ0n) is 6.78. The van der Waals surface area contributed by atoms with Crippen molar-refractivity contribution in [2.24, 2.45) is 0 Å². The van der Waals surface area contributed by atoms with Crippen molar-refractivity contribution < 1.29 is 4.79 Å². The lowest BCUT2D eigenvalue weighted by Gasteiger charge is -1.85. The molecule has 0 aliphatic carbocycles. The van der Waals surface area contributed by atoms with Gasteiger partial charge in [0.15, 0.2) is 5.16 Å². The highest BCUT2D eigenvalue weighted by molar-refractivity contribution is 7.99. The van der Waals surface area contributed by atoms with Crippen molar-refractivity contribution in [2.45, 2.75) is 5.16 Å². The van der Waals surface area contributed by atoms with Crippen LogP contribution in [-0.2, 0) is 4.79 Å². The molecule has 1 aromatic heterocycles. The maximum Gasteiger partial charge on any atom is 0.209 e. The van der Waals surface area contributed by atoms with E-state index in [0.717, 1.165) is 16.2 Å². The number of fused-ring (bicyclic) bond motifs is 1. The van der Waals surface area contributed by atoms with Gasteiger partial charge in [-0.1, -0.05) is 23.9 Å². The van der Waals surface area contributed by atoms with Crippen LogP contribution < -0.4 is 0 Å². The Balaban J connectivity index is 2.32. The van der Waals surface area contributed by atoms with Crippen molar-refractivity contribution in [3.05, 3.63) is 24.3 Å². The Morgan fingerprint density at radius 2 is 2.31 bits per heavy atom. The van der Waals surface area contributed by atoms with Crippen LogP contribution in [0.5, 0.6) is 0 Å². The molecule has 0 saturated heterocycles. The summed E-state index contributed by atoms with van der Waals surface area (Å²) in [5.41, 5.74) is 1.92. The van der Waals surface area contributed by atoms with Crippen molar-refractivity contribution in [2.75, 3.05) is 5.75 Å². The summed E-state index contributed by atoms with van der Waals surface area (Å²) in [6, 6.07) is 7.77. The van der Waals surface area contributed by atoms with E-state index in [1.54, 1.807) is 0 Å². The molecule has 0 aliphatic rings. The second-order valence-corrected chi connectivity index (χ2v) is 3.46. The van der Waals surface area contributed by atoms with Crippen LogP contribution in [0.1, 0.15) is 0 Å². The van der Waals surface area contributed by atoms with Crippen LogP contribution in [0.2, 0.25) is 0 Å². The van der Waals surface area contributed by atoms with E-state index in [-0.39, 0.29) is 0 Å². The van der Waals surface area contributed by atoms with E-state index in [9.17, 15) is 4.79 Å². The van der Waals surface area contributed by atoms with Crippen molar-refractivity contribution in [1.29, 1.82) is 0 Å². The van der Waals surface area contributed by atoms with Crippen molar-refractivity contribution in [3.63, 3.8) is 0 Å². The lowest BCUT2D eigenvalue weighted by molar-refractivity contribution is 0.560. The van der Waals surface area contributed by atoms with Gasteiger partial charge in [-0.3, -0.25) is 4.79 Å². The highest BCUT2D eigenvalue weighted by Crippen LogP contribution is 2.17. The van der Waals surface area contributed by atoms with Crippen LogP contribution in [-0.4, -0.2) is 22.0 Å². The van der Waals surface area contributed by atoms with Gasteiger partial charge in [0.2, 0.25) is 6.29 Å². The van der Waals surface area contributed by atoms with E-state index < -0.39 is 0 Å². The van der Waals surface area contributed by atoms with E-state index in [0.29, 0.717) is 5.75 Å². The fourth-order valence-electron chi connectivity index (χ4n) is 1.10. The molecule has 0 unspecified atom stereocenters. The smallest absolute Gasteiger partial charge is 0.209 e. The molecule has 0 amide bonds. The molecule has 1 aromatic carbocycles. The molecular formula is C9H7N2OS. The normalized spacial score (nSPS) is 10.5. The minimum absolute atomic E-state index is 0.319. The minimum atomic E-state index is 0.319. The van der Waals surface area contributed by atoms with E-state index >= 15 is 0 Å². The standard InChI is InChI=1S/C9H7N2OS/c12-5-6-13-9-10-7-3-1-2-4-8(7)11-9/h1-4H,6H2,(H,10,11). The molecule has 2 rings (SSSR count). The van der Waals surface area contributed by atoms with Crippen LogP contribution in [0.4, 0.5) is 0 Å². The number of para-hydroxylation sites is 2. The maximum absolute atomic E-state index is 10.0. The Bertz CT molecular complexity index is 391. The van der Waals surface area contributed by atoms with Crippen LogP contribution in [0, 0.1) is 0 Å². The van der Waals surface area contributed by atoms with Crippen LogP contribution >= 0.6 is 11.8 Å². The van der Waals surface area contributed by atoms with E-state index in [1.165, 1.54) is 11.8 Å². The molecule has 1 N–H and O–H groups in total. The quantitative estimate of drug-likeness (QED) is 0.752. The van der Waals surface area contributed by atoms with Gasteiger partial charge in [-0.15, -0.1) is 0 Å². The second-order valence-electron chi connectivity index (χ2n) is 2.49. The van der Waals surface area contributed by atoms with Gasteiger partial charge in [0.1, 0.15) is 0 Å². The van der Waals surface area contributed by atoms with Crippen molar-refractivity contribution >= 4 is 29.1 Å².